The van der Waals surface area contributed by atoms with Crippen LogP contribution in [0.4, 0.5) is 0 Å². The molecular formula is C25H34N6O. The molecule has 0 spiro atoms. The zero-order valence-corrected chi connectivity index (χ0v) is 19.2. The number of nitrogens with one attached hydrogen (secondary N) is 4. The van der Waals surface area contributed by atoms with Gasteiger partial charge < -0.3 is 25.8 Å². The van der Waals surface area contributed by atoms with Crippen LogP contribution in [-0.4, -0.2) is 62.0 Å². The van der Waals surface area contributed by atoms with Crippen LogP contribution in [0.5, 0.6) is 0 Å². The lowest BCUT2D eigenvalue weighted by Gasteiger charge is -2.12. The van der Waals surface area contributed by atoms with E-state index in [1.165, 1.54) is 10.9 Å². The molecule has 1 aromatic heterocycles. The number of guanidine groups is 1. The molecule has 1 heterocycles. The molecule has 0 saturated heterocycles. The lowest BCUT2D eigenvalue weighted by atomic mass is 10.1. The standard InChI is InChI=1S/C25H34N6O/c1-4-26-25(28-13-12-21-18-29-23-11-6-5-10-22(21)23)30-17-19-8-7-9-20(16-19)24(32)27-14-15-31(2)3/h5-11,16,18,29H,4,12-15,17H2,1-3H3,(H,27,32)(H2,26,28,30). The molecular weight excluding hydrogens is 400 g/mol. The van der Waals surface area contributed by atoms with Gasteiger partial charge in [0.2, 0.25) is 0 Å². The Morgan fingerprint density at radius 2 is 1.88 bits per heavy atom. The lowest BCUT2D eigenvalue weighted by Crippen LogP contribution is -2.38. The molecule has 0 aliphatic rings. The average Bonchev–Trinajstić information content (AvgIpc) is 3.20. The number of fused-ring (bicyclic) bond motifs is 1. The number of likely N-dealkylation sites (N-methyl/N-ethyl adjacent to an activating group) is 1. The van der Waals surface area contributed by atoms with Crippen molar-refractivity contribution in [2.45, 2.75) is 19.9 Å². The van der Waals surface area contributed by atoms with Crippen molar-refractivity contribution in [3.63, 3.8) is 0 Å². The number of aliphatic imine (C=N–C) groups is 1. The number of rotatable bonds is 10. The van der Waals surface area contributed by atoms with Gasteiger partial charge in [0, 0.05) is 48.8 Å². The summed E-state index contributed by atoms with van der Waals surface area (Å²) in [7, 11) is 3.97. The molecule has 1 amide bonds. The van der Waals surface area contributed by atoms with E-state index in [4.69, 9.17) is 4.99 Å². The molecule has 0 aliphatic carbocycles. The van der Waals surface area contributed by atoms with Gasteiger partial charge in [-0.2, -0.15) is 0 Å². The van der Waals surface area contributed by atoms with Crippen molar-refractivity contribution in [3.05, 3.63) is 71.4 Å². The zero-order chi connectivity index (χ0) is 22.8. The first kappa shape index (κ1) is 23.3. The van der Waals surface area contributed by atoms with Crippen molar-refractivity contribution < 1.29 is 4.79 Å². The predicted octanol–water partition coefficient (Wildman–Crippen LogP) is 2.76. The number of aromatic nitrogens is 1. The second-order valence-corrected chi connectivity index (χ2v) is 7.99. The van der Waals surface area contributed by atoms with Crippen LogP contribution in [0.1, 0.15) is 28.4 Å². The molecule has 0 saturated carbocycles. The minimum Gasteiger partial charge on any atom is -0.361 e. The summed E-state index contributed by atoms with van der Waals surface area (Å²) in [5.41, 5.74) is 4.11. The number of amides is 1. The SMILES string of the molecule is CCNC(=NCc1cccc(C(=O)NCCN(C)C)c1)NCCc1c[nH]c2ccccc12. The van der Waals surface area contributed by atoms with Crippen LogP contribution >= 0.6 is 0 Å². The van der Waals surface area contributed by atoms with Gasteiger partial charge in [-0.05, 0) is 56.8 Å². The van der Waals surface area contributed by atoms with Crippen molar-refractivity contribution in [1.29, 1.82) is 0 Å². The van der Waals surface area contributed by atoms with E-state index in [1.807, 2.05) is 49.3 Å². The number of carbonyl (C=O) groups excluding carboxylic acids is 1. The summed E-state index contributed by atoms with van der Waals surface area (Å²) in [6.07, 6.45) is 2.97. The van der Waals surface area contributed by atoms with Crippen LogP contribution in [0.25, 0.3) is 10.9 Å². The number of benzene rings is 2. The third-order valence-corrected chi connectivity index (χ3v) is 5.16. The van der Waals surface area contributed by atoms with Gasteiger partial charge in [0.1, 0.15) is 0 Å². The number of H-pyrrole nitrogens is 1. The van der Waals surface area contributed by atoms with Gasteiger partial charge in [-0.1, -0.05) is 30.3 Å². The van der Waals surface area contributed by atoms with Crippen LogP contribution in [0.3, 0.4) is 0 Å². The number of para-hydroxylation sites is 1. The fourth-order valence-electron chi connectivity index (χ4n) is 3.47. The first-order valence-corrected chi connectivity index (χ1v) is 11.2. The second kappa shape index (κ2) is 11.9. The highest BCUT2D eigenvalue weighted by Gasteiger charge is 2.07. The molecule has 0 bridgehead atoms. The van der Waals surface area contributed by atoms with Gasteiger partial charge in [-0.25, -0.2) is 4.99 Å². The lowest BCUT2D eigenvalue weighted by molar-refractivity contribution is 0.0951. The second-order valence-electron chi connectivity index (χ2n) is 7.99. The Labute approximate surface area is 190 Å². The van der Waals surface area contributed by atoms with Gasteiger partial charge in [-0.3, -0.25) is 4.79 Å². The summed E-state index contributed by atoms with van der Waals surface area (Å²) >= 11 is 0. The summed E-state index contributed by atoms with van der Waals surface area (Å²) in [6.45, 7) is 5.55. The number of aromatic amines is 1. The largest absolute Gasteiger partial charge is 0.361 e. The van der Waals surface area contributed by atoms with Crippen molar-refractivity contribution in [2.75, 3.05) is 40.3 Å². The van der Waals surface area contributed by atoms with Crippen molar-refractivity contribution in [2.24, 2.45) is 4.99 Å². The molecule has 0 radical (unpaired) electrons. The van der Waals surface area contributed by atoms with Gasteiger partial charge in [-0.15, -0.1) is 0 Å². The first-order chi connectivity index (χ1) is 15.6. The first-order valence-electron chi connectivity index (χ1n) is 11.2. The van der Waals surface area contributed by atoms with Crippen molar-refractivity contribution in [1.82, 2.24) is 25.8 Å². The fourth-order valence-corrected chi connectivity index (χ4v) is 3.47. The molecule has 0 atom stereocenters. The van der Waals surface area contributed by atoms with Crippen LogP contribution < -0.4 is 16.0 Å². The van der Waals surface area contributed by atoms with E-state index < -0.39 is 0 Å². The van der Waals surface area contributed by atoms with E-state index in [0.717, 1.165) is 43.1 Å². The molecule has 7 heteroatoms. The predicted molar refractivity (Wildman–Crippen MR) is 132 cm³/mol. The number of hydrogen-bond donors (Lipinski definition) is 4. The molecule has 2 aromatic carbocycles. The molecule has 0 fully saturated rings. The van der Waals surface area contributed by atoms with Crippen LogP contribution in [0, 0.1) is 0 Å². The van der Waals surface area contributed by atoms with E-state index in [0.29, 0.717) is 18.7 Å². The Balaban J connectivity index is 1.55. The molecule has 3 rings (SSSR count). The molecule has 170 valence electrons. The third kappa shape index (κ3) is 6.85. The molecule has 0 aliphatic heterocycles. The van der Waals surface area contributed by atoms with Crippen LogP contribution in [0.15, 0.2) is 59.7 Å². The maximum Gasteiger partial charge on any atom is 0.251 e. The van der Waals surface area contributed by atoms with E-state index >= 15 is 0 Å². The Hall–Kier alpha value is -3.32. The minimum atomic E-state index is -0.0542. The molecule has 32 heavy (non-hydrogen) atoms. The van der Waals surface area contributed by atoms with Gasteiger partial charge in [0.25, 0.3) is 5.91 Å². The third-order valence-electron chi connectivity index (χ3n) is 5.16. The van der Waals surface area contributed by atoms with Crippen molar-refractivity contribution in [3.8, 4) is 0 Å². The quantitative estimate of drug-likeness (QED) is 0.292. The summed E-state index contributed by atoms with van der Waals surface area (Å²) in [4.78, 5) is 22.4. The minimum absolute atomic E-state index is 0.0542. The Morgan fingerprint density at radius 3 is 2.69 bits per heavy atom. The van der Waals surface area contributed by atoms with Crippen molar-refractivity contribution >= 4 is 22.8 Å². The van der Waals surface area contributed by atoms with Gasteiger partial charge in [0.15, 0.2) is 5.96 Å². The Morgan fingerprint density at radius 1 is 1.03 bits per heavy atom. The molecule has 7 nitrogen and oxygen atoms in total. The zero-order valence-electron chi connectivity index (χ0n) is 19.2. The van der Waals surface area contributed by atoms with E-state index in [-0.39, 0.29) is 5.91 Å². The highest BCUT2D eigenvalue weighted by molar-refractivity contribution is 5.94. The highest BCUT2D eigenvalue weighted by atomic mass is 16.1. The normalized spacial score (nSPS) is 11.7. The highest BCUT2D eigenvalue weighted by Crippen LogP contribution is 2.17. The molecule has 0 unspecified atom stereocenters. The topological polar surface area (TPSA) is 84.6 Å². The number of nitrogens with zero attached hydrogens (tertiary/aromatic N) is 2. The average molecular weight is 435 g/mol. The maximum absolute atomic E-state index is 12.4. The van der Waals surface area contributed by atoms with Crippen LogP contribution in [-0.2, 0) is 13.0 Å². The Kier molecular flexibility index (Phi) is 8.69. The summed E-state index contributed by atoms with van der Waals surface area (Å²) in [5.74, 6) is 0.717. The van der Waals surface area contributed by atoms with Gasteiger partial charge in [0.05, 0.1) is 6.54 Å². The van der Waals surface area contributed by atoms with Crippen LogP contribution in [0.2, 0.25) is 0 Å². The number of carbonyl (C=O) groups is 1. The molecule has 3 aromatic rings. The van der Waals surface area contributed by atoms with E-state index in [9.17, 15) is 4.79 Å². The summed E-state index contributed by atoms with van der Waals surface area (Å²) in [6, 6.07) is 16.0. The number of hydrogen-bond acceptors (Lipinski definition) is 3. The van der Waals surface area contributed by atoms with E-state index in [2.05, 4.69) is 52.3 Å². The monoisotopic (exact) mass is 434 g/mol. The Bertz CT molecular complexity index is 1040. The smallest absolute Gasteiger partial charge is 0.251 e. The molecule has 4 N–H and O–H groups in total. The summed E-state index contributed by atoms with van der Waals surface area (Å²) < 4.78 is 0. The fraction of sp³-hybridized carbons (Fsp3) is 0.360. The summed E-state index contributed by atoms with van der Waals surface area (Å²) in [5, 5.41) is 10.9. The van der Waals surface area contributed by atoms with E-state index in [1.54, 1.807) is 0 Å². The van der Waals surface area contributed by atoms with Gasteiger partial charge >= 0.3 is 0 Å². The maximum atomic E-state index is 12.4.